The first kappa shape index (κ1) is 26.8. The number of ether oxygens (including phenoxy) is 2. The fourth-order valence-corrected chi connectivity index (χ4v) is 6.23. The van der Waals surface area contributed by atoms with Crippen LogP contribution in [0.5, 0.6) is 11.5 Å². The van der Waals surface area contributed by atoms with Crippen molar-refractivity contribution in [1.82, 2.24) is 10.6 Å². The number of carbonyl (C=O) groups is 2. The smallest absolute Gasteiger partial charge is 0.263 e. The Kier molecular flexibility index (Phi) is 6.90. The number of nitrogens with one attached hydrogen (secondary N) is 2. The molecule has 6 rings (SSSR count). The number of benzene rings is 2. The lowest BCUT2D eigenvalue weighted by molar-refractivity contribution is -0.153. The number of sulfone groups is 1. The molecule has 0 saturated heterocycles. The van der Waals surface area contributed by atoms with Crippen molar-refractivity contribution in [1.29, 1.82) is 0 Å². The Morgan fingerprint density at radius 2 is 1.84 bits per heavy atom. The van der Waals surface area contributed by atoms with Gasteiger partial charge < -0.3 is 25.0 Å². The zero-order valence-corrected chi connectivity index (χ0v) is 22.8. The molecule has 0 aromatic heterocycles. The number of fused-ring (bicyclic) bond motifs is 1. The normalized spacial score (nSPS) is 25.3. The number of hydrogen-bond acceptors (Lipinski definition) is 7. The highest BCUT2D eigenvalue weighted by Gasteiger charge is 2.69. The third-order valence-electron chi connectivity index (χ3n) is 7.03. The maximum Gasteiger partial charge on any atom is 0.263 e. The average Bonchev–Trinajstić information content (AvgIpc) is 2.80. The van der Waals surface area contributed by atoms with Crippen LogP contribution in [0.1, 0.15) is 19.3 Å². The lowest BCUT2D eigenvalue weighted by atomic mass is 9.44. The van der Waals surface area contributed by atoms with Crippen molar-refractivity contribution < 1.29 is 31.9 Å². The third-order valence-corrected chi connectivity index (χ3v) is 8.49. The predicted octanol–water partition coefficient (Wildman–Crippen LogP) is 2.73. The summed E-state index contributed by atoms with van der Waals surface area (Å²) in [7, 11) is -3.21. The Morgan fingerprint density at radius 1 is 1.13 bits per heavy atom. The van der Waals surface area contributed by atoms with Gasteiger partial charge in [-0.3, -0.25) is 9.59 Å². The van der Waals surface area contributed by atoms with Crippen molar-refractivity contribution >= 4 is 50.5 Å². The first-order chi connectivity index (χ1) is 17.8. The van der Waals surface area contributed by atoms with Gasteiger partial charge in [0.15, 0.2) is 12.7 Å². The number of rotatable bonds is 9. The van der Waals surface area contributed by atoms with Crippen LogP contribution in [0.4, 0.5) is 10.1 Å². The van der Waals surface area contributed by atoms with Crippen LogP contribution in [0, 0.1) is 5.82 Å². The summed E-state index contributed by atoms with van der Waals surface area (Å²) in [6, 6.07) is 8.95. The van der Waals surface area contributed by atoms with Gasteiger partial charge in [0.1, 0.15) is 27.2 Å². The molecule has 1 unspecified atom stereocenters. The van der Waals surface area contributed by atoms with Gasteiger partial charge in [0.2, 0.25) is 0 Å². The van der Waals surface area contributed by atoms with Gasteiger partial charge in [0, 0.05) is 35.0 Å². The molecule has 1 aliphatic heterocycles. The summed E-state index contributed by atoms with van der Waals surface area (Å²) in [6.45, 7) is 0.102. The molecule has 2 amide bonds. The standard InChI is InChI=1S/C25H26Cl2FN3O6S/c1-38(34,35)7-6-31-10-21(37-20-5-2-15(26)8-19(20)31)23(33)30-25-12-24(13-25,14-25)29-22(32)11-36-16-3-4-17(27)18(28)9-16/h2-5,8-9,21H,6-7,10-14H2,1H3,(H,29,32)(H,30,33). The summed E-state index contributed by atoms with van der Waals surface area (Å²) in [5.74, 6) is -0.693. The van der Waals surface area contributed by atoms with Gasteiger partial charge in [-0.05, 0) is 49.6 Å². The molecular weight excluding hydrogens is 560 g/mol. The summed E-state index contributed by atoms with van der Waals surface area (Å²) in [4.78, 5) is 27.3. The van der Waals surface area contributed by atoms with Gasteiger partial charge in [0.25, 0.3) is 11.8 Å². The molecule has 9 nitrogen and oxygen atoms in total. The topological polar surface area (TPSA) is 114 Å². The molecular formula is C25H26Cl2FN3O6S. The lowest BCUT2D eigenvalue weighted by Crippen LogP contribution is -2.84. The molecule has 2 N–H and O–H groups in total. The molecule has 3 saturated carbocycles. The van der Waals surface area contributed by atoms with Crippen LogP contribution in [-0.2, 0) is 19.4 Å². The average molecular weight is 586 g/mol. The number of nitrogens with zero attached hydrogens (tertiary/aromatic N) is 1. The molecule has 2 aromatic rings. The summed E-state index contributed by atoms with van der Waals surface area (Å²) in [5.41, 5.74) is -0.191. The SMILES string of the molecule is CS(=O)(=O)CCN1CC(C(=O)NC23CC(NC(=O)COc4ccc(Cl)c(F)c4)(C2)C3)Oc2ccc(Cl)cc21. The third kappa shape index (κ3) is 5.64. The number of amides is 2. The van der Waals surface area contributed by atoms with E-state index >= 15 is 0 Å². The Bertz CT molecular complexity index is 1390. The van der Waals surface area contributed by atoms with E-state index in [1.165, 1.54) is 12.1 Å². The zero-order valence-electron chi connectivity index (χ0n) is 20.4. The zero-order chi connectivity index (χ0) is 27.3. The Morgan fingerprint density at radius 3 is 2.53 bits per heavy atom. The molecule has 3 fully saturated rings. The van der Waals surface area contributed by atoms with Crippen LogP contribution in [0.25, 0.3) is 0 Å². The van der Waals surface area contributed by atoms with E-state index in [0.717, 1.165) is 12.3 Å². The molecule has 3 aliphatic carbocycles. The summed E-state index contributed by atoms with van der Waals surface area (Å²) in [6.07, 6.45) is 2.05. The van der Waals surface area contributed by atoms with Crippen molar-refractivity contribution in [2.24, 2.45) is 0 Å². The number of carbonyl (C=O) groups excluding carboxylic acids is 2. The summed E-state index contributed by atoms with van der Waals surface area (Å²) in [5, 5.41) is 6.45. The van der Waals surface area contributed by atoms with Crippen LogP contribution < -0.4 is 25.0 Å². The molecule has 0 radical (unpaired) electrons. The Labute approximate surface area is 229 Å². The molecule has 38 heavy (non-hydrogen) atoms. The van der Waals surface area contributed by atoms with Crippen LogP contribution in [0.2, 0.25) is 10.0 Å². The highest BCUT2D eigenvalue weighted by molar-refractivity contribution is 7.90. The van der Waals surface area contributed by atoms with Crippen molar-refractivity contribution in [2.75, 3.05) is 36.6 Å². The van der Waals surface area contributed by atoms with Gasteiger partial charge in [0.05, 0.1) is 23.0 Å². The van der Waals surface area contributed by atoms with Crippen molar-refractivity contribution in [2.45, 2.75) is 36.4 Å². The van der Waals surface area contributed by atoms with E-state index in [9.17, 15) is 22.4 Å². The van der Waals surface area contributed by atoms with E-state index < -0.39 is 32.8 Å². The lowest BCUT2D eigenvalue weighted by Gasteiger charge is -2.70. The Hall–Kier alpha value is -2.76. The first-order valence-electron chi connectivity index (χ1n) is 11.9. The maximum atomic E-state index is 13.5. The van der Waals surface area contributed by atoms with E-state index in [0.29, 0.717) is 35.7 Å². The van der Waals surface area contributed by atoms with Crippen LogP contribution in [-0.4, -0.2) is 69.1 Å². The second kappa shape index (κ2) is 9.77. The van der Waals surface area contributed by atoms with Gasteiger partial charge in [-0.25, -0.2) is 12.8 Å². The maximum absolute atomic E-state index is 13.5. The van der Waals surface area contributed by atoms with Crippen molar-refractivity contribution in [3.63, 3.8) is 0 Å². The second-order valence-electron chi connectivity index (χ2n) is 10.3. The first-order valence-corrected chi connectivity index (χ1v) is 14.8. The molecule has 0 spiro atoms. The fraction of sp³-hybridized carbons (Fsp3) is 0.440. The van der Waals surface area contributed by atoms with E-state index in [2.05, 4.69) is 10.6 Å². The minimum Gasteiger partial charge on any atom is -0.484 e. The minimum atomic E-state index is -3.21. The second-order valence-corrected chi connectivity index (χ2v) is 13.4. The van der Waals surface area contributed by atoms with Crippen LogP contribution >= 0.6 is 23.2 Å². The fourth-order valence-electron chi connectivity index (χ4n) is 5.39. The minimum absolute atomic E-state index is 0.0307. The van der Waals surface area contributed by atoms with Gasteiger partial charge in [-0.2, -0.15) is 0 Å². The number of anilines is 1. The molecule has 1 heterocycles. The molecule has 4 aliphatic rings. The number of halogens is 3. The van der Waals surface area contributed by atoms with E-state index in [-0.39, 0.29) is 48.0 Å². The van der Waals surface area contributed by atoms with Crippen LogP contribution in [0.15, 0.2) is 36.4 Å². The van der Waals surface area contributed by atoms with Gasteiger partial charge >= 0.3 is 0 Å². The number of hydrogen-bond donors (Lipinski definition) is 2. The van der Waals surface area contributed by atoms with Crippen molar-refractivity contribution in [3.8, 4) is 11.5 Å². The molecule has 2 bridgehead atoms. The predicted molar refractivity (Wildman–Crippen MR) is 140 cm³/mol. The molecule has 13 heteroatoms. The molecule has 1 atom stereocenters. The summed E-state index contributed by atoms with van der Waals surface area (Å²) >= 11 is 11.8. The highest BCUT2D eigenvalue weighted by atomic mass is 35.5. The monoisotopic (exact) mass is 585 g/mol. The van der Waals surface area contributed by atoms with Gasteiger partial charge in [-0.1, -0.05) is 23.2 Å². The van der Waals surface area contributed by atoms with E-state index in [1.807, 2.05) is 0 Å². The Balaban J connectivity index is 1.13. The van der Waals surface area contributed by atoms with Crippen LogP contribution in [0.3, 0.4) is 0 Å². The molecule has 2 aromatic carbocycles. The highest BCUT2D eigenvalue weighted by Crippen LogP contribution is 2.60. The largest absolute Gasteiger partial charge is 0.484 e. The van der Waals surface area contributed by atoms with Gasteiger partial charge in [-0.15, -0.1) is 0 Å². The van der Waals surface area contributed by atoms with Crippen molar-refractivity contribution in [3.05, 3.63) is 52.3 Å². The van der Waals surface area contributed by atoms with E-state index in [1.54, 1.807) is 23.1 Å². The molecule has 204 valence electrons. The van der Waals surface area contributed by atoms with E-state index in [4.69, 9.17) is 32.7 Å². The quantitative estimate of drug-likeness (QED) is 0.465. The summed E-state index contributed by atoms with van der Waals surface area (Å²) < 4.78 is 48.3.